The highest BCUT2D eigenvalue weighted by Crippen LogP contribution is 2.39. The van der Waals surface area contributed by atoms with E-state index in [4.69, 9.17) is 19.1 Å². The first-order valence-electron chi connectivity index (χ1n) is 11.8. The summed E-state index contributed by atoms with van der Waals surface area (Å²) in [7, 11) is 0. The number of aromatic amines is 1. The van der Waals surface area contributed by atoms with E-state index in [2.05, 4.69) is 16.0 Å². The third-order valence-corrected chi connectivity index (χ3v) is 6.29. The molecule has 3 aromatic heterocycles. The van der Waals surface area contributed by atoms with Gasteiger partial charge in [0.05, 0.1) is 24.3 Å². The van der Waals surface area contributed by atoms with Gasteiger partial charge in [-0.15, -0.1) is 0 Å². The van der Waals surface area contributed by atoms with Gasteiger partial charge in [-0.25, -0.2) is 9.97 Å². The second-order valence-corrected chi connectivity index (χ2v) is 8.73. The molecule has 8 heteroatoms. The van der Waals surface area contributed by atoms with Crippen LogP contribution < -0.4 is 10.3 Å². The fourth-order valence-corrected chi connectivity index (χ4v) is 4.54. The fraction of sp³-hybridized carbons (Fsp3) is 0.179. The summed E-state index contributed by atoms with van der Waals surface area (Å²) in [5.41, 5.74) is 3.01. The Labute approximate surface area is 206 Å². The minimum atomic E-state index is -0.509. The van der Waals surface area contributed by atoms with Crippen molar-refractivity contribution in [2.75, 3.05) is 31.2 Å². The fourth-order valence-electron chi connectivity index (χ4n) is 4.54. The third-order valence-electron chi connectivity index (χ3n) is 6.29. The summed E-state index contributed by atoms with van der Waals surface area (Å²) in [6.07, 6.45) is 0. The summed E-state index contributed by atoms with van der Waals surface area (Å²) >= 11 is 0. The van der Waals surface area contributed by atoms with Gasteiger partial charge in [-0.1, -0.05) is 48.5 Å². The molecule has 1 aliphatic rings. The Kier molecular flexibility index (Phi) is 5.50. The van der Waals surface area contributed by atoms with Gasteiger partial charge >= 0.3 is 0 Å². The zero-order valence-corrected chi connectivity index (χ0v) is 19.7. The van der Waals surface area contributed by atoms with Crippen molar-refractivity contribution < 1.29 is 14.3 Å². The number of imidazole rings is 1. The molecule has 2 aromatic carbocycles. The quantitative estimate of drug-likeness (QED) is 0.382. The third kappa shape index (κ3) is 3.91. The Hall–Kier alpha value is -4.43. The molecule has 0 spiro atoms. The van der Waals surface area contributed by atoms with Crippen LogP contribution >= 0.6 is 0 Å². The van der Waals surface area contributed by atoms with Gasteiger partial charge in [0.2, 0.25) is 11.2 Å². The zero-order valence-electron chi connectivity index (χ0n) is 19.7. The van der Waals surface area contributed by atoms with Crippen LogP contribution in [0.4, 0.5) is 5.82 Å². The lowest BCUT2D eigenvalue weighted by atomic mass is 10.1. The number of anilines is 1. The number of fused-ring (bicyclic) bond motifs is 1. The lowest BCUT2D eigenvalue weighted by Crippen LogP contribution is -2.37. The Morgan fingerprint density at radius 2 is 1.72 bits per heavy atom. The smallest absolute Gasteiger partial charge is 0.227 e. The SMILES string of the molecule is Cc1cc(=O)c(O)c(-c2[nH]c(-c3cc4ccccc4nc3N3CCOCC3)nc2-c2ccccc2)o1. The van der Waals surface area contributed by atoms with Gasteiger partial charge in [0, 0.05) is 30.1 Å². The zero-order chi connectivity index (χ0) is 24.6. The van der Waals surface area contributed by atoms with Crippen LogP contribution in [0.25, 0.3) is 45.0 Å². The summed E-state index contributed by atoms with van der Waals surface area (Å²) < 4.78 is 11.4. The van der Waals surface area contributed by atoms with E-state index in [9.17, 15) is 9.90 Å². The molecule has 4 heterocycles. The predicted molar refractivity (Wildman–Crippen MR) is 138 cm³/mol. The molecule has 0 amide bonds. The molecule has 5 aromatic rings. The molecule has 6 rings (SSSR count). The molecule has 0 radical (unpaired) electrons. The summed E-state index contributed by atoms with van der Waals surface area (Å²) in [6.45, 7) is 4.34. The maximum atomic E-state index is 12.4. The van der Waals surface area contributed by atoms with Crippen molar-refractivity contribution in [1.82, 2.24) is 15.0 Å². The van der Waals surface area contributed by atoms with Crippen LogP contribution in [0.2, 0.25) is 0 Å². The Morgan fingerprint density at radius 3 is 2.53 bits per heavy atom. The van der Waals surface area contributed by atoms with Gasteiger partial charge in [-0.2, -0.15) is 0 Å². The molecular weight excluding hydrogens is 456 g/mol. The van der Waals surface area contributed by atoms with Crippen LogP contribution in [0.15, 0.2) is 75.9 Å². The van der Waals surface area contributed by atoms with E-state index in [1.165, 1.54) is 6.07 Å². The molecule has 0 saturated carbocycles. The number of rotatable bonds is 4. The summed E-state index contributed by atoms with van der Waals surface area (Å²) in [6, 6.07) is 20.9. The molecule has 180 valence electrons. The second-order valence-electron chi connectivity index (χ2n) is 8.73. The number of benzene rings is 2. The standard InChI is InChI=1S/C28H24N4O4/c1-17-15-22(33)25(34)26(36-17)24-23(18-7-3-2-4-8-18)30-27(31-24)20-16-19-9-5-6-10-21(19)29-28(20)32-11-13-35-14-12-32/h2-10,15-16,34H,11-14H2,1H3,(H,30,31). The lowest BCUT2D eigenvalue weighted by molar-refractivity contribution is 0.122. The maximum absolute atomic E-state index is 12.4. The topological polar surface area (TPSA) is 104 Å². The number of morpholine rings is 1. The van der Waals surface area contributed by atoms with Crippen LogP contribution in [0.3, 0.4) is 0 Å². The average molecular weight is 481 g/mol. The van der Waals surface area contributed by atoms with Crippen molar-refractivity contribution in [2.24, 2.45) is 0 Å². The van der Waals surface area contributed by atoms with Gasteiger partial charge in [0.15, 0.2) is 5.76 Å². The normalized spacial score (nSPS) is 13.9. The minimum absolute atomic E-state index is 0.0549. The van der Waals surface area contributed by atoms with E-state index in [-0.39, 0.29) is 5.76 Å². The van der Waals surface area contributed by atoms with Crippen molar-refractivity contribution in [2.45, 2.75) is 6.92 Å². The van der Waals surface area contributed by atoms with E-state index in [1.54, 1.807) is 6.92 Å². The lowest BCUT2D eigenvalue weighted by Gasteiger charge is -2.29. The number of para-hydroxylation sites is 1. The van der Waals surface area contributed by atoms with E-state index in [0.29, 0.717) is 49.3 Å². The first kappa shape index (κ1) is 22.1. The number of hydrogen-bond donors (Lipinski definition) is 2. The predicted octanol–water partition coefficient (Wildman–Crippen LogP) is 4.76. The monoisotopic (exact) mass is 480 g/mol. The molecule has 36 heavy (non-hydrogen) atoms. The van der Waals surface area contributed by atoms with E-state index >= 15 is 0 Å². The highest BCUT2D eigenvalue weighted by Gasteiger charge is 2.25. The number of nitrogens with zero attached hydrogens (tertiary/aromatic N) is 3. The summed E-state index contributed by atoms with van der Waals surface area (Å²) in [4.78, 5) is 27.9. The second kappa shape index (κ2) is 8.98. The molecule has 1 fully saturated rings. The molecule has 0 atom stereocenters. The minimum Gasteiger partial charge on any atom is -0.501 e. The number of nitrogens with one attached hydrogen (secondary N) is 1. The maximum Gasteiger partial charge on any atom is 0.227 e. The molecule has 0 unspecified atom stereocenters. The number of ether oxygens (including phenoxy) is 1. The first-order chi connectivity index (χ1) is 17.6. The Bertz CT molecular complexity index is 1620. The Morgan fingerprint density at radius 1 is 0.972 bits per heavy atom. The molecule has 0 bridgehead atoms. The van der Waals surface area contributed by atoms with Gasteiger partial charge in [-0.05, 0) is 19.1 Å². The molecule has 1 aliphatic heterocycles. The van der Waals surface area contributed by atoms with Crippen LogP contribution in [0.5, 0.6) is 5.75 Å². The van der Waals surface area contributed by atoms with Gasteiger partial charge in [0.25, 0.3) is 0 Å². The number of aryl methyl sites for hydroxylation is 1. The number of hydrogen-bond acceptors (Lipinski definition) is 7. The van der Waals surface area contributed by atoms with E-state index < -0.39 is 11.2 Å². The van der Waals surface area contributed by atoms with Crippen LogP contribution in [-0.2, 0) is 4.74 Å². The summed E-state index contributed by atoms with van der Waals surface area (Å²) in [5.74, 6) is 1.35. The van der Waals surface area contributed by atoms with Crippen molar-refractivity contribution in [3.8, 4) is 39.8 Å². The first-order valence-corrected chi connectivity index (χ1v) is 11.8. The Balaban J connectivity index is 1.61. The number of aromatic nitrogens is 3. The highest BCUT2D eigenvalue weighted by molar-refractivity contribution is 5.90. The van der Waals surface area contributed by atoms with Crippen LogP contribution in [0, 0.1) is 6.92 Å². The van der Waals surface area contributed by atoms with Crippen molar-refractivity contribution >= 4 is 16.7 Å². The molecule has 0 aliphatic carbocycles. The van der Waals surface area contributed by atoms with Gasteiger partial charge in [-0.3, -0.25) is 4.79 Å². The highest BCUT2D eigenvalue weighted by atomic mass is 16.5. The number of aromatic hydroxyl groups is 1. The van der Waals surface area contributed by atoms with Crippen molar-refractivity contribution in [3.63, 3.8) is 0 Å². The number of pyridine rings is 1. The van der Waals surface area contributed by atoms with Crippen molar-refractivity contribution in [1.29, 1.82) is 0 Å². The van der Waals surface area contributed by atoms with E-state index in [0.717, 1.165) is 27.8 Å². The molecule has 1 saturated heterocycles. The number of H-pyrrole nitrogens is 1. The average Bonchev–Trinajstić information content (AvgIpc) is 3.36. The summed E-state index contributed by atoms with van der Waals surface area (Å²) in [5, 5.41) is 11.6. The molecule has 8 nitrogen and oxygen atoms in total. The van der Waals surface area contributed by atoms with Crippen LogP contribution in [-0.4, -0.2) is 46.4 Å². The van der Waals surface area contributed by atoms with Crippen molar-refractivity contribution in [3.05, 3.63) is 82.7 Å². The van der Waals surface area contributed by atoms with Gasteiger partial charge in [0.1, 0.15) is 28.8 Å². The van der Waals surface area contributed by atoms with Crippen LogP contribution in [0.1, 0.15) is 5.76 Å². The van der Waals surface area contributed by atoms with E-state index in [1.807, 2.05) is 54.6 Å². The molecular formula is C28H24N4O4. The molecule has 2 N–H and O–H groups in total. The van der Waals surface area contributed by atoms with Gasteiger partial charge < -0.3 is 24.1 Å². The largest absolute Gasteiger partial charge is 0.501 e.